The van der Waals surface area contributed by atoms with Crippen LogP contribution in [0.2, 0.25) is 0 Å². The molecule has 0 bridgehead atoms. The molecule has 0 aliphatic carbocycles. The summed E-state index contributed by atoms with van der Waals surface area (Å²) in [5.41, 5.74) is 5.58. The Morgan fingerprint density at radius 3 is 1.36 bits per heavy atom. The van der Waals surface area contributed by atoms with Gasteiger partial charge in [0, 0.05) is 0 Å². The number of aryl methyl sites for hydroxylation is 3. The first-order chi connectivity index (χ1) is 6.61. The average Bonchev–Trinajstić information content (AvgIpc) is 2.20. The lowest BCUT2D eigenvalue weighted by atomic mass is 10.0. The van der Waals surface area contributed by atoms with E-state index in [2.05, 4.69) is 39.8 Å². The van der Waals surface area contributed by atoms with Crippen molar-refractivity contribution in [2.24, 2.45) is 0 Å². The molecule has 1 rings (SSSR count). The molecule has 0 radical (unpaired) electrons. The molecule has 0 spiro atoms. The Morgan fingerprint density at radius 1 is 0.786 bits per heavy atom. The zero-order valence-electron chi connectivity index (χ0n) is 10.0. The molecule has 1 aromatic carbocycles. The van der Waals surface area contributed by atoms with Crippen LogP contribution in [0.5, 0.6) is 0 Å². The molecule has 0 heterocycles. The summed E-state index contributed by atoms with van der Waals surface area (Å²) in [6.07, 6.45) is 0. The second-order valence-electron chi connectivity index (χ2n) is 3.02. The highest BCUT2D eigenvalue weighted by molar-refractivity contribution is 5.35. The molecule has 1 aromatic rings. The van der Waals surface area contributed by atoms with Gasteiger partial charge in [0.25, 0.3) is 0 Å². The van der Waals surface area contributed by atoms with Gasteiger partial charge >= 0.3 is 0 Å². The van der Waals surface area contributed by atoms with Gasteiger partial charge in [-0.05, 0) is 44.4 Å². The molecule has 14 heavy (non-hydrogen) atoms. The van der Waals surface area contributed by atoms with Crippen molar-refractivity contribution in [2.45, 2.75) is 41.5 Å². The van der Waals surface area contributed by atoms with Crippen LogP contribution in [0.3, 0.4) is 0 Å². The monoisotopic (exact) mass is 198 g/mol. The summed E-state index contributed by atoms with van der Waals surface area (Å²) in [5.74, 6) is 0. The smallest absolute Gasteiger partial charge is 0.0392 e. The molecule has 0 atom stereocenters. The van der Waals surface area contributed by atoms with Gasteiger partial charge in [0.2, 0.25) is 0 Å². The van der Waals surface area contributed by atoms with Crippen LogP contribution < -0.4 is 0 Å². The molecule has 2 heteroatoms. The highest BCUT2D eigenvalue weighted by Crippen LogP contribution is 2.13. The molecule has 0 saturated heterocycles. The number of hydrogen-bond acceptors (Lipinski definition) is 2. The maximum absolute atomic E-state index is 6.00. The molecule has 0 aliphatic rings. The maximum atomic E-state index is 6.00. The van der Waals surface area contributed by atoms with E-state index in [1.165, 1.54) is 22.3 Å². The standard InChI is InChI=1S/C10H14.C2H6.H2O2/c1-7-5-8(2)10(4)9(3)6-7;2*1-2/h5-6H,1-4H3;1-2H3;1-2H. The van der Waals surface area contributed by atoms with E-state index in [4.69, 9.17) is 10.5 Å². The fourth-order valence-corrected chi connectivity index (χ4v) is 1.25. The van der Waals surface area contributed by atoms with Gasteiger partial charge in [-0.2, -0.15) is 0 Å². The van der Waals surface area contributed by atoms with E-state index in [1.807, 2.05) is 13.8 Å². The molecule has 0 amide bonds. The predicted octanol–water partition coefficient (Wildman–Crippen LogP) is 3.96. The summed E-state index contributed by atoms with van der Waals surface area (Å²) in [6, 6.07) is 4.45. The third kappa shape index (κ3) is 5.00. The molecule has 0 aliphatic heterocycles. The highest BCUT2D eigenvalue weighted by Gasteiger charge is 1.95. The third-order valence-corrected chi connectivity index (χ3v) is 2.07. The van der Waals surface area contributed by atoms with E-state index < -0.39 is 0 Å². The first kappa shape index (κ1) is 15.6. The second-order valence-corrected chi connectivity index (χ2v) is 3.02. The Balaban J connectivity index is 0. The number of benzene rings is 1. The highest BCUT2D eigenvalue weighted by atomic mass is 17.0. The van der Waals surface area contributed by atoms with Crippen LogP contribution in [0.4, 0.5) is 0 Å². The van der Waals surface area contributed by atoms with Crippen molar-refractivity contribution in [3.05, 3.63) is 34.4 Å². The fourth-order valence-electron chi connectivity index (χ4n) is 1.25. The van der Waals surface area contributed by atoms with E-state index in [0.29, 0.717) is 0 Å². The number of rotatable bonds is 0. The maximum Gasteiger partial charge on any atom is -0.0392 e. The molecule has 2 N–H and O–H groups in total. The fraction of sp³-hybridized carbons (Fsp3) is 0.500. The van der Waals surface area contributed by atoms with Gasteiger partial charge in [0.1, 0.15) is 0 Å². The molecule has 82 valence electrons. The zero-order chi connectivity index (χ0) is 11.7. The van der Waals surface area contributed by atoms with Gasteiger partial charge in [-0.1, -0.05) is 31.5 Å². The SMILES string of the molecule is CC.Cc1cc(C)c(C)c(C)c1.OO. The Kier molecular flexibility index (Phi) is 9.73. The molecule has 2 nitrogen and oxygen atoms in total. The van der Waals surface area contributed by atoms with E-state index in [9.17, 15) is 0 Å². The van der Waals surface area contributed by atoms with Crippen LogP contribution in [0.1, 0.15) is 36.1 Å². The summed E-state index contributed by atoms with van der Waals surface area (Å²) in [5, 5.41) is 12.0. The summed E-state index contributed by atoms with van der Waals surface area (Å²) < 4.78 is 0. The summed E-state index contributed by atoms with van der Waals surface area (Å²) in [7, 11) is 0. The van der Waals surface area contributed by atoms with Gasteiger partial charge in [0.05, 0.1) is 0 Å². The lowest BCUT2D eigenvalue weighted by Crippen LogP contribution is -1.86. The first-order valence-corrected chi connectivity index (χ1v) is 4.85. The van der Waals surface area contributed by atoms with Gasteiger partial charge in [-0.15, -0.1) is 0 Å². The van der Waals surface area contributed by atoms with E-state index in [0.717, 1.165) is 0 Å². The van der Waals surface area contributed by atoms with Crippen molar-refractivity contribution in [3.63, 3.8) is 0 Å². The number of hydrogen-bond donors (Lipinski definition) is 2. The van der Waals surface area contributed by atoms with Crippen molar-refractivity contribution in [1.29, 1.82) is 0 Å². The minimum atomic E-state index is 1.36. The Morgan fingerprint density at radius 2 is 1.07 bits per heavy atom. The average molecular weight is 198 g/mol. The van der Waals surface area contributed by atoms with Crippen molar-refractivity contribution < 1.29 is 10.5 Å². The molecular weight excluding hydrogens is 176 g/mol. The Hall–Kier alpha value is -0.860. The van der Waals surface area contributed by atoms with Gasteiger partial charge in [-0.25, -0.2) is 0 Å². The molecule has 0 aromatic heterocycles. The van der Waals surface area contributed by atoms with Crippen LogP contribution in [0.15, 0.2) is 12.1 Å². The molecule has 0 unspecified atom stereocenters. The van der Waals surface area contributed by atoms with Crippen LogP contribution in [-0.2, 0) is 0 Å². The van der Waals surface area contributed by atoms with Crippen molar-refractivity contribution >= 4 is 0 Å². The van der Waals surface area contributed by atoms with Gasteiger partial charge < -0.3 is 0 Å². The second kappa shape index (κ2) is 8.73. The lowest BCUT2D eigenvalue weighted by Gasteiger charge is -2.04. The van der Waals surface area contributed by atoms with Crippen LogP contribution >= 0.6 is 0 Å². The first-order valence-electron chi connectivity index (χ1n) is 4.85. The van der Waals surface area contributed by atoms with Gasteiger partial charge in [0.15, 0.2) is 0 Å². The van der Waals surface area contributed by atoms with Gasteiger partial charge in [-0.3, -0.25) is 10.5 Å². The van der Waals surface area contributed by atoms with Crippen LogP contribution in [0.25, 0.3) is 0 Å². The minimum Gasteiger partial charge on any atom is -0.255 e. The summed E-state index contributed by atoms with van der Waals surface area (Å²) in [4.78, 5) is 0. The van der Waals surface area contributed by atoms with E-state index >= 15 is 0 Å². The van der Waals surface area contributed by atoms with Crippen LogP contribution in [-0.4, -0.2) is 10.5 Å². The lowest BCUT2D eigenvalue weighted by molar-refractivity contribution is -0.176. The predicted molar refractivity (Wildman–Crippen MR) is 62.0 cm³/mol. The summed E-state index contributed by atoms with van der Waals surface area (Å²) in [6.45, 7) is 12.6. The van der Waals surface area contributed by atoms with Crippen molar-refractivity contribution in [1.82, 2.24) is 0 Å². The van der Waals surface area contributed by atoms with E-state index in [-0.39, 0.29) is 0 Å². The normalized spacial score (nSPS) is 8.00. The molecule has 0 saturated carbocycles. The Bertz CT molecular complexity index is 231. The third-order valence-electron chi connectivity index (χ3n) is 2.07. The molecule has 0 fully saturated rings. The molecular formula is C12H22O2. The van der Waals surface area contributed by atoms with E-state index in [1.54, 1.807) is 0 Å². The Labute approximate surface area is 87.2 Å². The zero-order valence-corrected chi connectivity index (χ0v) is 10.0. The van der Waals surface area contributed by atoms with Crippen LogP contribution in [0, 0.1) is 27.7 Å². The topological polar surface area (TPSA) is 40.5 Å². The van der Waals surface area contributed by atoms with Crippen molar-refractivity contribution in [3.8, 4) is 0 Å². The summed E-state index contributed by atoms with van der Waals surface area (Å²) >= 11 is 0. The largest absolute Gasteiger partial charge is 0.255 e. The minimum absolute atomic E-state index is 1.36. The van der Waals surface area contributed by atoms with Crippen molar-refractivity contribution in [2.75, 3.05) is 0 Å². The quantitative estimate of drug-likeness (QED) is 0.489.